The van der Waals surface area contributed by atoms with E-state index in [0.29, 0.717) is 0 Å². The van der Waals surface area contributed by atoms with Crippen molar-refractivity contribution in [2.24, 2.45) is 0 Å². The second-order valence-electron chi connectivity index (χ2n) is 5.66. The molecule has 110 valence electrons. The summed E-state index contributed by atoms with van der Waals surface area (Å²) in [4.78, 5) is 13.6. The van der Waals surface area contributed by atoms with Crippen LogP contribution in [0.15, 0.2) is 24.3 Å². The predicted octanol–water partition coefficient (Wildman–Crippen LogP) is 3.64. The minimum absolute atomic E-state index is 0.0245. The zero-order valence-corrected chi connectivity index (χ0v) is 12.3. The lowest BCUT2D eigenvalue weighted by Crippen LogP contribution is -2.31. The molecule has 0 radical (unpaired) electrons. The van der Waals surface area contributed by atoms with Crippen LogP contribution in [0.25, 0.3) is 0 Å². The van der Waals surface area contributed by atoms with Gasteiger partial charge >= 0.3 is 5.97 Å². The average Bonchev–Trinajstić information content (AvgIpc) is 2.74. The van der Waals surface area contributed by atoms with E-state index in [2.05, 4.69) is 36.1 Å². The third-order valence-corrected chi connectivity index (χ3v) is 4.22. The Hall–Kier alpha value is -1.35. The maximum Gasteiger partial charge on any atom is 0.305 e. The molecule has 0 spiro atoms. The summed E-state index contributed by atoms with van der Waals surface area (Å²) in [5.41, 5.74) is 2.45. The maximum absolute atomic E-state index is 11.2. The van der Waals surface area contributed by atoms with Gasteiger partial charge < -0.3 is 5.11 Å². The molecular formula is C17H25NO2. The quantitative estimate of drug-likeness (QED) is 0.892. The molecule has 1 fully saturated rings. The number of rotatable bonds is 5. The summed E-state index contributed by atoms with van der Waals surface area (Å²) in [5, 5.41) is 9.22. The summed E-state index contributed by atoms with van der Waals surface area (Å²) >= 11 is 0. The monoisotopic (exact) mass is 275 g/mol. The molecule has 1 aromatic carbocycles. The van der Waals surface area contributed by atoms with E-state index in [4.69, 9.17) is 0 Å². The minimum atomic E-state index is -0.709. The normalized spacial score (nSPS) is 18.4. The van der Waals surface area contributed by atoms with Crippen LogP contribution in [-0.4, -0.2) is 29.1 Å². The highest BCUT2D eigenvalue weighted by Crippen LogP contribution is 2.27. The molecule has 1 heterocycles. The second kappa shape index (κ2) is 7.44. The van der Waals surface area contributed by atoms with Crippen LogP contribution in [0.1, 0.15) is 56.2 Å². The lowest BCUT2D eigenvalue weighted by atomic mass is 9.99. The second-order valence-corrected chi connectivity index (χ2v) is 5.66. The molecule has 1 unspecified atom stereocenters. The minimum Gasteiger partial charge on any atom is -0.481 e. The van der Waals surface area contributed by atoms with E-state index in [1.54, 1.807) is 0 Å². The maximum atomic E-state index is 11.2. The molecule has 3 nitrogen and oxygen atoms in total. The Morgan fingerprint density at radius 3 is 2.25 bits per heavy atom. The van der Waals surface area contributed by atoms with Crippen molar-refractivity contribution in [1.29, 1.82) is 0 Å². The summed E-state index contributed by atoms with van der Waals surface area (Å²) < 4.78 is 0. The van der Waals surface area contributed by atoms with Gasteiger partial charge in [-0.3, -0.25) is 9.69 Å². The molecule has 0 bridgehead atoms. The number of hydrogen-bond acceptors (Lipinski definition) is 2. The topological polar surface area (TPSA) is 40.5 Å². The number of nitrogens with zero attached hydrogens (tertiary/aromatic N) is 1. The van der Waals surface area contributed by atoms with Gasteiger partial charge in [-0.1, -0.05) is 44.0 Å². The summed E-state index contributed by atoms with van der Waals surface area (Å²) in [7, 11) is 0. The Morgan fingerprint density at radius 1 is 1.15 bits per heavy atom. The lowest BCUT2D eigenvalue weighted by molar-refractivity contribution is -0.138. The van der Waals surface area contributed by atoms with E-state index >= 15 is 0 Å². The predicted molar refractivity (Wildman–Crippen MR) is 80.9 cm³/mol. The van der Waals surface area contributed by atoms with Crippen molar-refractivity contribution in [2.45, 2.75) is 51.5 Å². The van der Waals surface area contributed by atoms with Crippen molar-refractivity contribution in [3.63, 3.8) is 0 Å². The van der Waals surface area contributed by atoms with Crippen LogP contribution in [0.5, 0.6) is 0 Å². The standard InChI is InChI=1S/C17H25NO2/c1-2-14-7-9-15(10-8-14)16(13-17(19)20)18-11-5-3-4-6-12-18/h7-10,16H,2-6,11-13H2,1H3,(H,19,20). The van der Waals surface area contributed by atoms with Crippen LogP contribution < -0.4 is 0 Å². The number of benzene rings is 1. The highest BCUT2D eigenvalue weighted by atomic mass is 16.4. The molecule has 1 aliphatic heterocycles. The van der Waals surface area contributed by atoms with Gasteiger partial charge in [0, 0.05) is 6.04 Å². The van der Waals surface area contributed by atoms with Crippen molar-refractivity contribution in [3.05, 3.63) is 35.4 Å². The molecule has 2 rings (SSSR count). The van der Waals surface area contributed by atoms with Crippen LogP contribution in [0.3, 0.4) is 0 Å². The molecule has 20 heavy (non-hydrogen) atoms. The first-order valence-electron chi connectivity index (χ1n) is 7.75. The third-order valence-electron chi connectivity index (χ3n) is 4.22. The third kappa shape index (κ3) is 4.07. The van der Waals surface area contributed by atoms with Crippen molar-refractivity contribution >= 4 is 5.97 Å². The van der Waals surface area contributed by atoms with Gasteiger partial charge in [-0.25, -0.2) is 0 Å². The molecule has 1 atom stereocenters. The number of hydrogen-bond donors (Lipinski definition) is 1. The Balaban J connectivity index is 2.18. The Bertz CT molecular complexity index is 419. The van der Waals surface area contributed by atoms with Gasteiger partial charge in [0.1, 0.15) is 0 Å². The van der Waals surface area contributed by atoms with Gasteiger partial charge in [0.05, 0.1) is 6.42 Å². The van der Waals surface area contributed by atoms with Crippen LogP contribution >= 0.6 is 0 Å². The fraction of sp³-hybridized carbons (Fsp3) is 0.588. The highest BCUT2D eigenvalue weighted by molar-refractivity contribution is 5.68. The molecule has 0 saturated carbocycles. The van der Waals surface area contributed by atoms with E-state index in [1.165, 1.54) is 31.2 Å². The highest BCUT2D eigenvalue weighted by Gasteiger charge is 2.23. The van der Waals surface area contributed by atoms with Crippen LogP contribution in [0.2, 0.25) is 0 Å². The van der Waals surface area contributed by atoms with Gasteiger partial charge in [0.25, 0.3) is 0 Å². The number of likely N-dealkylation sites (tertiary alicyclic amines) is 1. The zero-order valence-electron chi connectivity index (χ0n) is 12.3. The Kier molecular flexibility index (Phi) is 5.60. The van der Waals surface area contributed by atoms with E-state index in [1.807, 2.05) is 0 Å². The summed E-state index contributed by atoms with van der Waals surface area (Å²) in [6.45, 7) is 4.18. The van der Waals surface area contributed by atoms with Gasteiger partial charge in [-0.2, -0.15) is 0 Å². The first-order chi connectivity index (χ1) is 9.70. The van der Waals surface area contributed by atoms with Crippen LogP contribution in [0.4, 0.5) is 0 Å². The van der Waals surface area contributed by atoms with Crippen molar-refractivity contribution in [3.8, 4) is 0 Å². The Morgan fingerprint density at radius 2 is 1.75 bits per heavy atom. The largest absolute Gasteiger partial charge is 0.481 e. The van der Waals surface area contributed by atoms with Crippen LogP contribution in [0, 0.1) is 0 Å². The first-order valence-corrected chi connectivity index (χ1v) is 7.75. The van der Waals surface area contributed by atoms with Crippen molar-refractivity contribution in [1.82, 2.24) is 4.90 Å². The molecule has 1 aliphatic rings. The lowest BCUT2D eigenvalue weighted by Gasteiger charge is -2.30. The SMILES string of the molecule is CCc1ccc(C(CC(=O)O)N2CCCCCC2)cc1. The van der Waals surface area contributed by atoms with Gasteiger partial charge in [-0.15, -0.1) is 0 Å². The van der Waals surface area contributed by atoms with Gasteiger partial charge in [-0.05, 0) is 43.5 Å². The van der Waals surface area contributed by atoms with Crippen molar-refractivity contribution < 1.29 is 9.90 Å². The fourth-order valence-electron chi connectivity index (χ4n) is 3.01. The molecule has 1 aromatic rings. The fourth-order valence-corrected chi connectivity index (χ4v) is 3.01. The molecule has 0 aromatic heterocycles. The zero-order chi connectivity index (χ0) is 14.4. The molecule has 3 heteroatoms. The molecule has 0 aliphatic carbocycles. The van der Waals surface area contributed by atoms with E-state index in [0.717, 1.165) is 25.1 Å². The molecule has 0 amide bonds. The number of carboxylic acid groups (broad SMARTS) is 1. The van der Waals surface area contributed by atoms with E-state index in [9.17, 15) is 9.90 Å². The summed E-state index contributed by atoms with van der Waals surface area (Å²) in [5.74, 6) is -0.709. The average molecular weight is 275 g/mol. The van der Waals surface area contributed by atoms with Crippen molar-refractivity contribution in [2.75, 3.05) is 13.1 Å². The summed E-state index contributed by atoms with van der Waals surface area (Å²) in [6.07, 6.45) is 6.13. The number of aryl methyl sites for hydroxylation is 1. The number of aliphatic carboxylic acids is 1. The molecule has 1 N–H and O–H groups in total. The smallest absolute Gasteiger partial charge is 0.305 e. The van der Waals surface area contributed by atoms with Crippen LogP contribution in [-0.2, 0) is 11.2 Å². The summed E-state index contributed by atoms with van der Waals surface area (Å²) in [6, 6.07) is 8.50. The number of carbonyl (C=O) groups is 1. The van der Waals surface area contributed by atoms with E-state index < -0.39 is 5.97 Å². The van der Waals surface area contributed by atoms with Gasteiger partial charge in [0.15, 0.2) is 0 Å². The number of carboxylic acids is 1. The molecule has 1 saturated heterocycles. The first kappa shape index (κ1) is 15.0. The Labute approximate surface area is 121 Å². The van der Waals surface area contributed by atoms with E-state index in [-0.39, 0.29) is 12.5 Å². The molecular weight excluding hydrogens is 250 g/mol. The van der Waals surface area contributed by atoms with Gasteiger partial charge in [0.2, 0.25) is 0 Å².